The van der Waals surface area contributed by atoms with E-state index in [0.717, 1.165) is 5.69 Å². The average molecular weight is 334 g/mol. The molecule has 6 heteroatoms. The molecule has 0 radical (unpaired) electrons. The van der Waals surface area contributed by atoms with Crippen molar-refractivity contribution in [3.63, 3.8) is 0 Å². The molecule has 1 heterocycles. The second-order valence-electron chi connectivity index (χ2n) is 5.57. The molecule has 0 N–H and O–H groups in total. The molecule has 2 aromatic rings. The highest BCUT2D eigenvalue weighted by Gasteiger charge is 2.27. The van der Waals surface area contributed by atoms with Crippen molar-refractivity contribution in [2.24, 2.45) is 0 Å². The van der Waals surface area contributed by atoms with Gasteiger partial charge in [0.05, 0.1) is 5.75 Å². The Morgan fingerprint density at radius 2 is 1.48 bits per heavy atom. The fourth-order valence-electron chi connectivity index (χ4n) is 2.77. The molecule has 1 aliphatic heterocycles. The first-order chi connectivity index (χ1) is 11.1. The summed E-state index contributed by atoms with van der Waals surface area (Å²) in [6.45, 7) is 2.12. The van der Waals surface area contributed by atoms with E-state index in [-0.39, 0.29) is 11.3 Å². The van der Waals surface area contributed by atoms with E-state index < -0.39 is 15.8 Å². The lowest BCUT2D eigenvalue weighted by atomic mass is 10.2. The molecule has 1 aliphatic rings. The lowest BCUT2D eigenvalue weighted by molar-refractivity contribution is 0.384. The molecular weight excluding hydrogens is 315 g/mol. The van der Waals surface area contributed by atoms with E-state index in [0.29, 0.717) is 26.2 Å². The van der Waals surface area contributed by atoms with E-state index in [1.165, 1.54) is 16.4 Å². The quantitative estimate of drug-likeness (QED) is 0.862. The predicted octanol–water partition coefficient (Wildman–Crippen LogP) is 2.48. The number of anilines is 1. The van der Waals surface area contributed by atoms with Crippen molar-refractivity contribution in [1.82, 2.24) is 4.31 Å². The summed E-state index contributed by atoms with van der Waals surface area (Å²) in [4.78, 5) is 2.16. The Kier molecular flexibility index (Phi) is 4.63. The molecule has 0 aromatic heterocycles. The first kappa shape index (κ1) is 16.0. The predicted molar refractivity (Wildman–Crippen MR) is 89.3 cm³/mol. The van der Waals surface area contributed by atoms with E-state index in [9.17, 15) is 12.8 Å². The van der Waals surface area contributed by atoms with Crippen molar-refractivity contribution in [3.05, 3.63) is 66.0 Å². The molecular formula is C17H19FN2O2S. The van der Waals surface area contributed by atoms with Gasteiger partial charge in [-0.3, -0.25) is 0 Å². The highest BCUT2D eigenvalue weighted by Crippen LogP contribution is 2.19. The zero-order valence-corrected chi connectivity index (χ0v) is 13.5. The van der Waals surface area contributed by atoms with Crippen LogP contribution in [0.25, 0.3) is 0 Å². The van der Waals surface area contributed by atoms with Gasteiger partial charge in [-0.05, 0) is 18.2 Å². The number of sulfonamides is 1. The maximum absolute atomic E-state index is 13.7. The first-order valence-corrected chi connectivity index (χ1v) is 9.18. The third-order valence-corrected chi connectivity index (χ3v) is 5.88. The Bertz CT molecular complexity index is 757. The number of para-hydroxylation sites is 1. The van der Waals surface area contributed by atoms with Gasteiger partial charge in [0.2, 0.25) is 10.0 Å². The maximum atomic E-state index is 13.7. The highest BCUT2D eigenvalue weighted by molar-refractivity contribution is 7.88. The van der Waals surface area contributed by atoms with Crippen LogP contribution in [0.2, 0.25) is 0 Å². The van der Waals surface area contributed by atoms with Crippen molar-refractivity contribution in [2.75, 3.05) is 31.1 Å². The molecule has 0 unspecified atom stereocenters. The monoisotopic (exact) mass is 334 g/mol. The Labute approximate surface area is 136 Å². The molecule has 23 heavy (non-hydrogen) atoms. The molecule has 2 aromatic carbocycles. The average Bonchev–Trinajstić information content (AvgIpc) is 2.58. The number of piperazine rings is 1. The minimum Gasteiger partial charge on any atom is -0.369 e. The number of nitrogens with zero attached hydrogens (tertiary/aromatic N) is 2. The van der Waals surface area contributed by atoms with Gasteiger partial charge in [0.15, 0.2) is 0 Å². The normalized spacial score (nSPS) is 16.5. The standard InChI is InChI=1S/C17H19FN2O2S/c18-17-9-5-4-6-15(17)14-23(21,22)20-12-10-19(11-13-20)16-7-2-1-3-8-16/h1-9H,10-14H2. The van der Waals surface area contributed by atoms with Gasteiger partial charge in [-0.2, -0.15) is 4.31 Å². The summed E-state index contributed by atoms with van der Waals surface area (Å²) in [7, 11) is -3.50. The SMILES string of the molecule is O=S(=O)(Cc1ccccc1F)N1CCN(c2ccccc2)CC1. The minimum atomic E-state index is -3.50. The van der Waals surface area contributed by atoms with Gasteiger partial charge in [-0.1, -0.05) is 36.4 Å². The third kappa shape index (κ3) is 3.71. The van der Waals surface area contributed by atoms with Gasteiger partial charge < -0.3 is 4.90 Å². The van der Waals surface area contributed by atoms with Crippen molar-refractivity contribution < 1.29 is 12.8 Å². The second kappa shape index (κ2) is 6.68. The van der Waals surface area contributed by atoms with Gasteiger partial charge in [-0.15, -0.1) is 0 Å². The third-order valence-electron chi connectivity index (χ3n) is 4.05. The molecule has 0 spiro atoms. The first-order valence-electron chi connectivity index (χ1n) is 7.57. The topological polar surface area (TPSA) is 40.6 Å². The summed E-state index contributed by atoms with van der Waals surface area (Å²) < 4.78 is 40.1. The van der Waals surface area contributed by atoms with Crippen LogP contribution in [0.3, 0.4) is 0 Å². The molecule has 1 saturated heterocycles. The summed E-state index contributed by atoms with van der Waals surface area (Å²) >= 11 is 0. The van der Waals surface area contributed by atoms with Crippen LogP contribution in [0.4, 0.5) is 10.1 Å². The second-order valence-corrected chi connectivity index (χ2v) is 7.54. The maximum Gasteiger partial charge on any atom is 0.218 e. The van der Waals surface area contributed by atoms with Crippen LogP contribution in [0.15, 0.2) is 54.6 Å². The molecule has 0 aliphatic carbocycles. The van der Waals surface area contributed by atoms with Crippen LogP contribution in [-0.2, 0) is 15.8 Å². The number of hydrogen-bond acceptors (Lipinski definition) is 3. The molecule has 1 fully saturated rings. The van der Waals surface area contributed by atoms with Crippen LogP contribution < -0.4 is 4.90 Å². The zero-order chi connectivity index (χ0) is 16.3. The zero-order valence-electron chi connectivity index (χ0n) is 12.7. The van der Waals surface area contributed by atoms with E-state index in [1.807, 2.05) is 30.3 Å². The molecule has 0 bridgehead atoms. The van der Waals surface area contributed by atoms with E-state index in [2.05, 4.69) is 4.90 Å². The summed E-state index contributed by atoms with van der Waals surface area (Å²) in [5.41, 5.74) is 1.32. The molecule has 3 rings (SSSR count). The van der Waals surface area contributed by atoms with Crippen molar-refractivity contribution in [2.45, 2.75) is 5.75 Å². The molecule has 4 nitrogen and oxygen atoms in total. The number of rotatable bonds is 4. The van der Waals surface area contributed by atoms with Gasteiger partial charge >= 0.3 is 0 Å². The lowest BCUT2D eigenvalue weighted by Crippen LogP contribution is -2.49. The number of benzene rings is 2. The molecule has 0 saturated carbocycles. The van der Waals surface area contributed by atoms with Crippen LogP contribution in [0.5, 0.6) is 0 Å². The van der Waals surface area contributed by atoms with E-state index >= 15 is 0 Å². The largest absolute Gasteiger partial charge is 0.369 e. The summed E-state index contributed by atoms with van der Waals surface area (Å²) in [6, 6.07) is 16.0. The Morgan fingerprint density at radius 3 is 2.13 bits per heavy atom. The highest BCUT2D eigenvalue weighted by atomic mass is 32.2. The van der Waals surface area contributed by atoms with E-state index in [4.69, 9.17) is 0 Å². The Morgan fingerprint density at radius 1 is 0.870 bits per heavy atom. The lowest BCUT2D eigenvalue weighted by Gasteiger charge is -2.35. The van der Waals surface area contributed by atoms with Crippen LogP contribution in [0, 0.1) is 5.82 Å². The van der Waals surface area contributed by atoms with Gasteiger partial charge in [-0.25, -0.2) is 12.8 Å². The minimum absolute atomic E-state index is 0.220. The number of hydrogen-bond donors (Lipinski definition) is 0. The van der Waals surface area contributed by atoms with Gasteiger partial charge in [0, 0.05) is 37.4 Å². The summed E-state index contributed by atoms with van der Waals surface area (Å²) in [5, 5.41) is 0. The van der Waals surface area contributed by atoms with E-state index in [1.54, 1.807) is 12.1 Å². The molecule has 122 valence electrons. The number of halogens is 1. The van der Waals surface area contributed by atoms with Crippen molar-refractivity contribution in [3.8, 4) is 0 Å². The fraction of sp³-hybridized carbons (Fsp3) is 0.294. The summed E-state index contributed by atoms with van der Waals surface area (Å²) in [6.07, 6.45) is 0. The molecule has 0 atom stereocenters. The van der Waals surface area contributed by atoms with Crippen LogP contribution >= 0.6 is 0 Å². The molecule has 0 amide bonds. The van der Waals surface area contributed by atoms with Crippen molar-refractivity contribution in [1.29, 1.82) is 0 Å². The Balaban J connectivity index is 1.66. The van der Waals surface area contributed by atoms with Crippen LogP contribution in [-0.4, -0.2) is 38.9 Å². The van der Waals surface area contributed by atoms with Gasteiger partial charge in [0.1, 0.15) is 5.82 Å². The van der Waals surface area contributed by atoms with Gasteiger partial charge in [0.25, 0.3) is 0 Å². The smallest absolute Gasteiger partial charge is 0.218 e. The summed E-state index contributed by atoms with van der Waals surface area (Å²) in [5.74, 6) is -0.760. The van der Waals surface area contributed by atoms with Crippen LogP contribution in [0.1, 0.15) is 5.56 Å². The Hall–Kier alpha value is -1.92. The van der Waals surface area contributed by atoms with Crippen molar-refractivity contribution >= 4 is 15.7 Å². The fourth-order valence-corrected chi connectivity index (χ4v) is 4.30.